The van der Waals surface area contributed by atoms with Crippen LogP contribution in [0.4, 0.5) is 4.39 Å². The van der Waals surface area contributed by atoms with E-state index in [0.717, 1.165) is 25.1 Å². The van der Waals surface area contributed by atoms with Crippen molar-refractivity contribution in [2.75, 3.05) is 13.1 Å². The maximum atomic E-state index is 13.1. The molecule has 2 nitrogen and oxygen atoms in total. The van der Waals surface area contributed by atoms with Gasteiger partial charge in [-0.3, -0.25) is 0 Å². The first-order chi connectivity index (χ1) is 8.11. The average Bonchev–Trinajstić information content (AvgIpc) is 2.28. The molecule has 0 aromatic heterocycles. The minimum Gasteiger partial charge on any atom is -0.314 e. The number of hydrogen-bond acceptors (Lipinski definition) is 2. The van der Waals surface area contributed by atoms with Crippen molar-refractivity contribution >= 4 is 11.6 Å². The molecule has 2 N–H and O–H groups in total. The predicted octanol–water partition coefficient (Wildman–Crippen LogP) is 2.96. The molecule has 4 heteroatoms. The minimum absolute atomic E-state index is 0.223. The van der Waals surface area contributed by atoms with Crippen LogP contribution in [0.5, 0.6) is 0 Å². The highest BCUT2D eigenvalue weighted by molar-refractivity contribution is 6.31. The van der Waals surface area contributed by atoms with Crippen LogP contribution in [-0.2, 0) is 6.54 Å². The van der Waals surface area contributed by atoms with E-state index in [1.807, 2.05) is 6.07 Å². The van der Waals surface area contributed by atoms with Crippen LogP contribution >= 0.6 is 11.6 Å². The number of halogens is 2. The normalized spacial score (nSPS) is 11.1. The summed E-state index contributed by atoms with van der Waals surface area (Å²) in [7, 11) is 0. The zero-order valence-corrected chi connectivity index (χ0v) is 11.1. The fourth-order valence-electron chi connectivity index (χ4n) is 1.51. The van der Waals surface area contributed by atoms with Crippen molar-refractivity contribution in [2.24, 2.45) is 0 Å². The summed E-state index contributed by atoms with van der Waals surface area (Å²) in [6.45, 7) is 6.74. The minimum atomic E-state index is -0.354. The van der Waals surface area contributed by atoms with Crippen LogP contribution in [0, 0.1) is 5.82 Å². The smallest absolute Gasteiger partial charge is 0.142 e. The highest BCUT2D eigenvalue weighted by Gasteiger charge is 2.04. The van der Waals surface area contributed by atoms with E-state index in [2.05, 4.69) is 24.5 Å². The topological polar surface area (TPSA) is 24.1 Å². The molecule has 0 atom stereocenters. The summed E-state index contributed by atoms with van der Waals surface area (Å²) in [5.41, 5.74) is 0.809. The Hall–Kier alpha value is -0.640. The Balaban J connectivity index is 2.20. The van der Waals surface area contributed by atoms with Crippen LogP contribution in [0.3, 0.4) is 0 Å². The maximum Gasteiger partial charge on any atom is 0.142 e. The molecule has 0 radical (unpaired) electrons. The van der Waals surface area contributed by atoms with Gasteiger partial charge in [0.1, 0.15) is 5.82 Å². The van der Waals surface area contributed by atoms with Crippen LogP contribution in [0.15, 0.2) is 18.2 Å². The van der Waals surface area contributed by atoms with Gasteiger partial charge in [-0.15, -0.1) is 0 Å². The molecular formula is C13H20ClFN2. The molecule has 0 heterocycles. The Morgan fingerprint density at radius 1 is 1.29 bits per heavy atom. The van der Waals surface area contributed by atoms with Crippen molar-refractivity contribution in [3.05, 3.63) is 34.6 Å². The van der Waals surface area contributed by atoms with E-state index in [1.165, 1.54) is 6.07 Å². The SMILES string of the molecule is CC(C)NCCCNCc1cccc(F)c1Cl. The summed E-state index contributed by atoms with van der Waals surface area (Å²) in [6.07, 6.45) is 1.05. The van der Waals surface area contributed by atoms with E-state index >= 15 is 0 Å². The second-order valence-corrected chi connectivity index (χ2v) is 4.73. The molecule has 0 fully saturated rings. The van der Waals surface area contributed by atoms with Gasteiger partial charge in [0.2, 0.25) is 0 Å². The average molecular weight is 259 g/mol. The van der Waals surface area contributed by atoms with Crippen molar-refractivity contribution in [1.82, 2.24) is 10.6 Å². The van der Waals surface area contributed by atoms with Gasteiger partial charge in [-0.1, -0.05) is 37.6 Å². The Morgan fingerprint density at radius 3 is 2.76 bits per heavy atom. The molecule has 1 rings (SSSR count). The lowest BCUT2D eigenvalue weighted by Crippen LogP contribution is -2.26. The molecule has 0 aliphatic rings. The van der Waals surface area contributed by atoms with Gasteiger partial charge in [-0.2, -0.15) is 0 Å². The van der Waals surface area contributed by atoms with E-state index < -0.39 is 0 Å². The van der Waals surface area contributed by atoms with Crippen LogP contribution in [0.25, 0.3) is 0 Å². The van der Waals surface area contributed by atoms with Crippen LogP contribution in [0.1, 0.15) is 25.8 Å². The van der Waals surface area contributed by atoms with Gasteiger partial charge in [0.25, 0.3) is 0 Å². The van der Waals surface area contributed by atoms with Gasteiger partial charge in [0.15, 0.2) is 0 Å². The van der Waals surface area contributed by atoms with E-state index in [0.29, 0.717) is 12.6 Å². The third-order valence-electron chi connectivity index (χ3n) is 2.43. The fraction of sp³-hybridized carbons (Fsp3) is 0.538. The molecule has 0 saturated carbocycles. The van der Waals surface area contributed by atoms with Gasteiger partial charge >= 0.3 is 0 Å². The molecule has 0 spiro atoms. The molecule has 1 aromatic carbocycles. The van der Waals surface area contributed by atoms with E-state index in [9.17, 15) is 4.39 Å². The van der Waals surface area contributed by atoms with Crippen LogP contribution < -0.4 is 10.6 Å². The number of hydrogen-bond donors (Lipinski definition) is 2. The summed E-state index contributed by atoms with van der Waals surface area (Å²) >= 11 is 5.85. The molecule has 1 aromatic rings. The lowest BCUT2D eigenvalue weighted by molar-refractivity contribution is 0.546. The van der Waals surface area contributed by atoms with Gasteiger partial charge in [0.05, 0.1) is 5.02 Å². The first-order valence-corrected chi connectivity index (χ1v) is 6.36. The molecule has 0 saturated heterocycles. The van der Waals surface area contributed by atoms with E-state index in [4.69, 9.17) is 11.6 Å². The predicted molar refractivity (Wildman–Crippen MR) is 70.9 cm³/mol. The van der Waals surface area contributed by atoms with E-state index in [-0.39, 0.29) is 10.8 Å². The van der Waals surface area contributed by atoms with E-state index in [1.54, 1.807) is 6.07 Å². The first-order valence-electron chi connectivity index (χ1n) is 5.98. The van der Waals surface area contributed by atoms with Crippen molar-refractivity contribution in [1.29, 1.82) is 0 Å². The summed E-state index contributed by atoms with van der Waals surface area (Å²) < 4.78 is 13.1. The lowest BCUT2D eigenvalue weighted by Gasteiger charge is -2.09. The fourth-order valence-corrected chi connectivity index (χ4v) is 1.70. The first kappa shape index (κ1) is 14.4. The van der Waals surface area contributed by atoms with Crippen molar-refractivity contribution < 1.29 is 4.39 Å². The largest absolute Gasteiger partial charge is 0.314 e. The second-order valence-electron chi connectivity index (χ2n) is 4.35. The van der Waals surface area contributed by atoms with Crippen molar-refractivity contribution in [3.63, 3.8) is 0 Å². The Labute approximate surface area is 108 Å². The number of nitrogens with one attached hydrogen (secondary N) is 2. The number of rotatable bonds is 7. The molecule has 0 bridgehead atoms. The highest BCUT2D eigenvalue weighted by Crippen LogP contribution is 2.19. The van der Waals surface area contributed by atoms with Gasteiger partial charge < -0.3 is 10.6 Å². The molecule has 17 heavy (non-hydrogen) atoms. The molecule has 0 aliphatic carbocycles. The molecule has 96 valence electrons. The van der Waals surface area contributed by atoms with Crippen molar-refractivity contribution in [3.8, 4) is 0 Å². The highest BCUT2D eigenvalue weighted by atomic mass is 35.5. The third-order valence-corrected chi connectivity index (χ3v) is 2.85. The summed E-state index contributed by atoms with van der Waals surface area (Å²) in [4.78, 5) is 0. The van der Waals surface area contributed by atoms with Crippen LogP contribution in [0.2, 0.25) is 5.02 Å². The number of benzene rings is 1. The third kappa shape index (κ3) is 5.48. The molecule has 0 amide bonds. The van der Waals surface area contributed by atoms with Gasteiger partial charge in [0, 0.05) is 12.6 Å². The molecule has 0 unspecified atom stereocenters. The van der Waals surface area contributed by atoms with Gasteiger partial charge in [-0.25, -0.2) is 4.39 Å². The summed E-state index contributed by atoms with van der Waals surface area (Å²) in [5, 5.41) is 6.81. The second kappa shape index (κ2) is 7.64. The standard InChI is InChI=1S/C13H20ClFN2/c1-10(2)17-8-4-7-16-9-11-5-3-6-12(15)13(11)14/h3,5-6,10,16-17H,4,7-9H2,1-2H3. The summed E-state index contributed by atoms with van der Waals surface area (Å²) in [6, 6.07) is 5.41. The quantitative estimate of drug-likeness (QED) is 0.735. The summed E-state index contributed by atoms with van der Waals surface area (Å²) in [5.74, 6) is -0.354. The van der Waals surface area contributed by atoms with Gasteiger partial charge in [-0.05, 0) is 31.1 Å². The molecular weight excluding hydrogens is 239 g/mol. The maximum absolute atomic E-state index is 13.1. The Morgan fingerprint density at radius 2 is 2.06 bits per heavy atom. The zero-order chi connectivity index (χ0) is 12.7. The monoisotopic (exact) mass is 258 g/mol. The zero-order valence-electron chi connectivity index (χ0n) is 10.4. The van der Waals surface area contributed by atoms with Crippen molar-refractivity contribution in [2.45, 2.75) is 32.9 Å². The van der Waals surface area contributed by atoms with Crippen LogP contribution in [-0.4, -0.2) is 19.1 Å². The molecule has 0 aliphatic heterocycles. The Kier molecular flexibility index (Phi) is 6.48. The lowest BCUT2D eigenvalue weighted by atomic mass is 10.2. The Bertz CT molecular complexity index is 342.